The maximum absolute atomic E-state index is 4.78. The molecule has 0 aliphatic carbocycles. The van der Waals surface area contributed by atoms with Gasteiger partial charge in [-0.05, 0) is 60.3 Å². The molecule has 6 heteroatoms. The molecule has 1 aromatic carbocycles. The zero-order valence-corrected chi connectivity index (χ0v) is 17.0. The molecule has 150 valence electrons. The third-order valence-electron chi connectivity index (χ3n) is 5.33. The first kappa shape index (κ1) is 19.3. The quantitative estimate of drug-likeness (QED) is 0.686. The van der Waals surface area contributed by atoms with E-state index in [-0.39, 0.29) is 0 Å². The fraction of sp³-hybridized carbons (Fsp3) is 0.348. The lowest BCUT2D eigenvalue weighted by Crippen LogP contribution is -2.41. The molecule has 0 spiro atoms. The number of pyridine rings is 1. The van der Waals surface area contributed by atoms with Crippen LogP contribution in [0.5, 0.6) is 0 Å². The van der Waals surface area contributed by atoms with Crippen LogP contribution >= 0.6 is 0 Å². The molecule has 1 unspecified atom stereocenters. The average Bonchev–Trinajstić information content (AvgIpc) is 3.02. The molecule has 0 bridgehead atoms. The van der Waals surface area contributed by atoms with Gasteiger partial charge in [0.1, 0.15) is 5.82 Å². The Morgan fingerprint density at radius 1 is 1.00 bits per heavy atom. The normalized spacial score (nSPS) is 17.2. The van der Waals surface area contributed by atoms with Gasteiger partial charge in [0.05, 0.1) is 0 Å². The highest BCUT2D eigenvalue weighted by Gasteiger charge is 2.22. The second-order valence-corrected chi connectivity index (χ2v) is 7.78. The molecule has 0 saturated carbocycles. The lowest BCUT2D eigenvalue weighted by Gasteiger charge is -2.27. The Kier molecular flexibility index (Phi) is 6.00. The Morgan fingerprint density at radius 3 is 2.52 bits per heavy atom. The maximum Gasteiger partial charge on any atom is 0.227 e. The van der Waals surface area contributed by atoms with Gasteiger partial charge in [-0.15, -0.1) is 0 Å². The smallest absolute Gasteiger partial charge is 0.227 e. The predicted octanol–water partition coefficient (Wildman–Crippen LogP) is 4.11. The number of hydrogen-bond acceptors (Lipinski definition) is 6. The highest BCUT2D eigenvalue weighted by atomic mass is 15.3. The summed E-state index contributed by atoms with van der Waals surface area (Å²) in [7, 11) is 0. The summed E-state index contributed by atoms with van der Waals surface area (Å²) < 4.78 is 0. The van der Waals surface area contributed by atoms with Crippen LogP contribution in [-0.2, 0) is 0 Å². The molecular weight excluding hydrogens is 360 g/mol. The fourth-order valence-corrected chi connectivity index (χ4v) is 3.59. The Bertz CT molecular complexity index is 910. The minimum Gasteiger partial charge on any atom is -0.340 e. The molecule has 3 aromatic rings. The molecule has 0 amide bonds. The molecule has 29 heavy (non-hydrogen) atoms. The van der Waals surface area contributed by atoms with E-state index in [1.807, 2.05) is 36.8 Å². The third-order valence-corrected chi connectivity index (χ3v) is 5.33. The summed E-state index contributed by atoms with van der Waals surface area (Å²) in [5.41, 5.74) is 3.33. The van der Waals surface area contributed by atoms with E-state index < -0.39 is 0 Å². The Labute approximate surface area is 172 Å². The number of rotatable bonds is 5. The van der Waals surface area contributed by atoms with E-state index in [9.17, 15) is 0 Å². The molecule has 2 N–H and O–H groups in total. The van der Waals surface area contributed by atoms with Crippen molar-refractivity contribution in [3.63, 3.8) is 0 Å². The summed E-state index contributed by atoms with van der Waals surface area (Å²) in [4.78, 5) is 15.7. The van der Waals surface area contributed by atoms with Crippen LogP contribution in [0.1, 0.15) is 20.3 Å². The van der Waals surface area contributed by atoms with Gasteiger partial charge in [0.2, 0.25) is 5.95 Å². The van der Waals surface area contributed by atoms with E-state index in [0.717, 1.165) is 54.6 Å². The van der Waals surface area contributed by atoms with Crippen LogP contribution in [0.3, 0.4) is 0 Å². The van der Waals surface area contributed by atoms with Crippen molar-refractivity contribution in [2.24, 2.45) is 5.92 Å². The highest BCUT2D eigenvalue weighted by molar-refractivity contribution is 5.67. The van der Waals surface area contributed by atoms with Crippen LogP contribution < -0.4 is 15.5 Å². The molecule has 1 atom stereocenters. The lowest BCUT2D eigenvalue weighted by molar-refractivity contribution is 0.419. The van der Waals surface area contributed by atoms with Crippen molar-refractivity contribution < 1.29 is 0 Å². The van der Waals surface area contributed by atoms with E-state index in [1.54, 1.807) is 0 Å². The van der Waals surface area contributed by atoms with Crippen molar-refractivity contribution >= 4 is 17.5 Å². The van der Waals surface area contributed by atoms with Crippen molar-refractivity contribution in [2.75, 3.05) is 29.9 Å². The van der Waals surface area contributed by atoms with Gasteiger partial charge in [-0.2, -0.15) is 4.98 Å². The van der Waals surface area contributed by atoms with Crippen LogP contribution in [0.25, 0.3) is 11.1 Å². The van der Waals surface area contributed by atoms with E-state index >= 15 is 0 Å². The van der Waals surface area contributed by atoms with Gasteiger partial charge in [0, 0.05) is 43.4 Å². The minimum absolute atomic E-state index is 0.457. The zero-order chi connectivity index (χ0) is 20.1. The Hall–Kier alpha value is -2.99. The van der Waals surface area contributed by atoms with Crippen LogP contribution in [0.15, 0.2) is 61.1 Å². The number of benzene rings is 1. The predicted molar refractivity (Wildman–Crippen MR) is 118 cm³/mol. The lowest BCUT2D eigenvalue weighted by atomic mass is 10.0. The fourth-order valence-electron chi connectivity index (χ4n) is 3.59. The highest BCUT2D eigenvalue weighted by Crippen LogP contribution is 2.23. The number of hydrogen-bond donors (Lipinski definition) is 2. The monoisotopic (exact) mass is 388 g/mol. The molecule has 2 aromatic heterocycles. The molecule has 4 rings (SSSR count). The van der Waals surface area contributed by atoms with Crippen molar-refractivity contribution in [1.29, 1.82) is 0 Å². The van der Waals surface area contributed by atoms with E-state index in [1.165, 1.54) is 0 Å². The second-order valence-electron chi connectivity index (χ2n) is 7.78. The first-order valence-corrected chi connectivity index (χ1v) is 10.3. The summed E-state index contributed by atoms with van der Waals surface area (Å²) in [6, 6.07) is 14.7. The summed E-state index contributed by atoms with van der Waals surface area (Å²) in [5, 5.41) is 7.04. The van der Waals surface area contributed by atoms with Gasteiger partial charge in [0.15, 0.2) is 0 Å². The molecule has 6 nitrogen and oxygen atoms in total. The molecule has 0 radical (unpaired) electrons. The first-order valence-electron chi connectivity index (χ1n) is 10.3. The van der Waals surface area contributed by atoms with Gasteiger partial charge in [-0.25, -0.2) is 4.98 Å². The number of nitrogens with one attached hydrogen (secondary N) is 2. The van der Waals surface area contributed by atoms with Crippen LogP contribution in [-0.4, -0.2) is 40.6 Å². The summed E-state index contributed by atoms with van der Waals surface area (Å²) >= 11 is 0. The second kappa shape index (κ2) is 9.01. The summed E-state index contributed by atoms with van der Waals surface area (Å²) in [6.45, 7) is 7.47. The van der Waals surface area contributed by atoms with Crippen molar-refractivity contribution in [3.05, 3.63) is 61.1 Å². The summed E-state index contributed by atoms with van der Waals surface area (Å²) in [6.07, 6.45) is 6.55. The third kappa shape index (κ3) is 4.90. The summed E-state index contributed by atoms with van der Waals surface area (Å²) in [5.74, 6) is 2.18. The standard InChI is InChI=1S/C23H28N6/c1-17(2)21-16-29(15-3-11-25-21)23-26-14-10-22(28-23)27-20-6-4-18(5-7-20)19-8-12-24-13-9-19/h4-10,12-14,17,21,25H,3,11,15-16H2,1-2H3,(H,26,27,28). The van der Waals surface area contributed by atoms with Crippen molar-refractivity contribution in [1.82, 2.24) is 20.3 Å². The number of aromatic nitrogens is 3. The average molecular weight is 389 g/mol. The molecule has 1 fully saturated rings. The largest absolute Gasteiger partial charge is 0.340 e. The molecule has 1 aliphatic rings. The van der Waals surface area contributed by atoms with Gasteiger partial charge in [0.25, 0.3) is 0 Å². The maximum atomic E-state index is 4.78. The van der Waals surface area contributed by atoms with Crippen LogP contribution in [0, 0.1) is 5.92 Å². The van der Waals surface area contributed by atoms with Crippen LogP contribution in [0.4, 0.5) is 17.5 Å². The molecule has 1 saturated heterocycles. The number of anilines is 3. The minimum atomic E-state index is 0.457. The van der Waals surface area contributed by atoms with Gasteiger partial charge in [-0.3, -0.25) is 4.98 Å². The van der Waals surface area contributed by atoms with E-state index in [2.05, 4.69) is 63.6 Å². The van der Waals surface area contributed by atoms with Gasteiger partial charge >= 0.3 is 0 Å². The Balaban J connectivity index is 1.47. The first-order chi connectivity index (χ1) is 14.2. The molecule has 3 heterocycles. The van der Waals surface area contributed by atoms with E-state index in [0.29, 0.717) is 12.0 Å². The molecular formula is C23H28N6. The van der Waals surface area contributed by atoms with Crippen molar-refractivity contribution in [3.8, 4) is 11.1 Å². The van der Waals surface area contributed by atoms with Crippen LogP contribution in [0.2, 0.25) is 0 Å². The van der Waals surface area contributed by atoms with E-state index in [4.69, 9.17) is 4.98 Å². The van der Waals surface area contributed by atoms with Gasteiger partial charge in [-0.1, -0.05) is 26.0 Å². The molecule has 1 aliphatic heterocycles. The SMILES string of the molecule is CC(C)C1CN(c2nccc(Nc3ccc(-c4ccncc4)cc3)n2)CCCN1. The van der Waals surface area contributed by atoms with Crippen molar-refractivity contribution in [2.45, 2.75) is 26.3 Å². The van der Waals surface area contributed by atoms with Gasteiger partial charge < -0.3 is 15.5 Å². The zero-order valence-electron chi connectivity index (χ0n) is 17.0. The Morgan fingerprint density at radius 2 is 1.76 bits per heavy atom. The number of nitrogens with zero attached hydrogens (tertiary/aromatic N) is 4. The topological polar surface area (TPSA) is 66.0 Å².